The Morgan fingerprint density at radius 2 is 1.54 bits per heavy atom. The van der Waals surface area contributed by atoms with Crippen molar-refractivity contribution < 1.29 is 23.9 Å². The number of hydrogen-bond acceptors (Lipinski definition) is 5. The van der Waals surface area contributed by atoms with Crippen molar-refractivity contribution in [1.82, 2.24) is 10.2 Å². The van der Waals surface area contributed by atoms with Gasteiger partial charge in [0, 0.05) is 43.1 Å². The van der Waals surface area contributed by atoms with Crippen LogP contribution in [0.15, 0.2) is 66.7 Å². The van der Waals surface area contributed by atoms with E-state index in [0.29, 0.717) is 56.8 Å². The second-order valence-electron chi connectivity index (χ2n) is 10.4. The van der Waals surface area contributed by atoms with Crippen LogP contribution in [0.2, 0.25) is 0 Å². The number of carbonyl (C=O) groups is 3. The smallest absolute Gasteiger partial charge is 0.251 e. The van der Waals surface area contributed by atoms with Gasteiger partial charge in [0.05, 0.1) is 19.3 Å². The van der Waals surface area contributed by atoms with Crippen molar-refractivity contribution in [2.24, 2.45) is 5.92 Å². The topological polar surface area (TPSA) is 84.9 Å². The van der Waals surface area contributed by atoms with E-state index in [1.807, 2.05) is 59.5 Å². The Bertz CT molecular complexity index is 1290. The number of nitrogens with zero attached hydrogens (tertiary/aromatic N) is 1. The van der Waals surface area contributed by atoms with Crippen LogP contribution in [0.5, 0.6) is 5.75 Å². The third kappa shape index (κ3) is 7.03. The molecular weight excluding hydrogens is 492 g/mol. The maximum atomic E-state index is 12.7. The summed E-state index contributed by atoms with van der Waals surface area (Å²) in [6.07, 6.45) is 4.41. The van der Waals surface area contributed by atoms with Crippen molar-refractivity contribution in [2.75, 3.05) is 32.8 Å². The summed E-state index contributed by atoms with van der Waals surface area (Å²) in [5.74, 6) is 1.00. The molecule has 1 aliphatic carbocycles. The van der Waals surface area contributed by atoms with Gasteiger partial charge >= 0.3 is 0 Å². The fourth-order valence-corrected chi connectivity index (χ4v) is 5.41. The summed E-state index contributed by atoms with van der Waals surface area (Å²) < 4.78 is 11.5. The monoisotopic (exact) mass is 528 g/mol. The Kier molecular flexibility index (Phi) is 8.89. The Labute approximate surface area is 229 Å². The Morgan fingerprint density at radius 1 is 0.846 bits per heavy atom. The molecule has 39 heavy (non-hydrogen) atoms. The Morgan fingerprint density at radius 3 is 2.28 bits per heavy atom. The molecule has 0 aromatic heterocycles. The van der Waals surface area contributed by atoms with Gasteiger partial charge in [0.1, 0.15) is 5.75 Å². The van der Waals surface area contributed by atoms with E-state index < -0.39 is 0 Å². The predicted octanol–water partition coefficient (Wildman–Crippen LogP) is 5.03. The Hall–Kier alpha value is -3.71. The van der Waals surface area contributed by atoms with Crippen LogP contribution < -0.4 is 10.1 Å². The van der Waals surface area contributed by atoms with Gasteiger partial charge in [-0.05, 0) is 79.3 Å². The van der Waals surface area contributed by atoms with E-state index in [4.69, 9.17) is 9.47 Å². The fraction of sp³-hybridized carbons (Fsp3) is 0.406. The molecular formula is C32H36N2O5. The number of fused-ring (bicyclic) bond motifs is 1. The molecule has 0 radical (unpaired) electrons. The lowest BCUT2D eigenvalue weighted by atomic mass is 9.86. The molecule has 3 aromatic carbocycles. The molecule has 2 fully saturated rings. The van der Waals surface area contributed by atoms with Gasteiger partial charge in [0.25, 0.3) is 5.91 Å². The van der Waals surface area contributed by atoms with Crippen LogP contribution in [0, 0.1) is 5.92 Å². The fourth-order valence-electron chi connectivity index (χ4n) is 5.41. The number of nitrogens with one attached hydrogen (secondary N) is 1. The quantitative estimate of drug-likeness (QED) is 0.311. The van der Waals surface area contributed by atoms with Gasteiger partial charge in [-0.25, -0.2) is 0 Å². The lowest BCUT2D eigenvalue weighted by molar-refractivity contribution is -0.141. The van der Waals surface area contributed by atoms with Gasteiger partial charge in [-0.2, -0.15) is 0 Å². The molecule has 5 rings (SSSR count). The molecule has 1 aliphatic heterocycles. The Balaban J connectivity index is 1.02. The highest BCUT2D eigenvalue weighted by atomic mass is 16.5. The average Bonchev–Trinajstić information content (AvgIpc) is 2.99. The maximum Gasteiger partial charge on any atom is 0.251 e. The summed E-state index contributed by atoms with van der Waals surface area (Å²) in [6, 6.07) is 20.9. The summed E-state index contributed by atoms with van der Waals surface area (Å²) >= 11 is 0. The largest absolute Gasteiger partial charge is 0.490 e. The third-order valence-electron chi connectivity index (χ3n) is 7.70. The number of ketones is 1. The highest BCUT2D eigenvalue weighted by molar-refractivity contribution is 5.99. The lowest BCUT2D eigenvalue weighted by Gasteiger charge is -2.34. The molecule has 1 saturated carbocycles. The van der Waals surface area contributed by atoms with Crippen LogP contribution in [0.1, 0.15) is 59.2 Å². The number of carbonyl (C=O) groups excluding carboxylic acids is 3. The minimum Gasteiger partial charge on any atom is -0.490 e. The summed E-state index contributed by atoms with van der Waals surface area (Å²) in [5, 5.41) is 5.04. The predicted molar refractivity (Wildman–Crippen MR) is 150 cm³/mol. The number of benzene rings is 3. The molecule has 2 aliphatic rings. The molecule has 1 N–H and O–H groups in total. The van der Waals surface area contributed by atoms with E-state index in [2.05, 4.69) is 5.32 Å². The minimum absolute atomic E-state index is 0.0450. The second-order valence-corrected chi connectivity index (χ2v) is 10.4. The third-order valence-corrected chi connectivity index (χ3v) is 7.70. The molecule has 0 bridgehead atoms. The van der Waals surface area contributed by atoms with Crippen molar-refractivity contribution in [1.29, 1.82) is 0 Å². The van der Waals surface area contributed by atoms with Gasteiger partial charge in [0.15, 0.2) is 5.78 Å². The summed E-state index contributed by atoms with van der Waals surface area (Å²) in [5.41, 5.74) is 1.26. The number of ether oxygens (including phenoxy) is 2. The molecule has 0 unspecified atom stereocenters. The molecule has 1 heterocycles. The first-order chi connectivity index (χ1) is 19.1. The van der Waals surface area contributed by atoms with Crippen molar-refractivity contribution >= 4 is 28.4 Å². The number of amides is 2. The molecule has 0 spiro atoms. The summed E-state index contributed by atoms with van der Waals surface area (Å²) in [4.78, 5) is 39.8. The maximum absolute atomic E-state index is 12.7. The first-order valence-corrected chi connectivity index (χ1v) is 14.0. The van der Waals surface area contributed by atoms with Crippen LogP contribution >= 0.6 is 0 Å². The molecule has 0 atom stereocenters. The first-order valence-electron chi connectivity index (χ1n) is 14.0. The first kappa shape index (κ1) is 26.9. The highest BCUT2D eigenvalue weighted by Gasteiger charge is 2.31. The van der Waals surface area contributed by atoms with Crippen LogP contribution in [-0.2, 0) is 9.53 Å². The molecule has 7 heteroatoms. The summed E-state index contributed by atoms with van der Waals surface area (Å²) in [6.45, 7) is 3.09. The van der Waals surface area contributed by atoms with Gasteiger partial charge < -0.3 is 19.7 Å². The number of hydrogen-bond donors (Lipinski definition) is 1. The van der Waals surface area contributed by atoms with Crippen LogP contribution in [0.3, 0.4) is 0 Å². The van der Waals surface area contributed by atoms with E-state index in [0.717, 1.165) is 42.2 Å². The SMILES string of the molecule is O=C(CCCNC(=O)c1ccc2ccccc2c1)c1ccc(OC2CCC(C(=O)N3CCOCC3)CC2)cc1. The van der Waals surface area contributed by atoms with E-state index in [1.54, 1.807) is 12.1 Å². The van der Waals surface area contributed by atoms with Gasteiger partial charge in [-0.1, -0.05) is 30.3 Å². The van der Waals surface area contributed by atoms with Gasteiger partial charge in [0.2, 0.25) is 5.91 Å². The number of rotatable bonds is 9. The normalized spacial score (nSPS) is 19.4. The lowest BCUT2D eigenvalue weighted by Crippen LogP contribution is -2.45. The summed E-state index contributed by atoms with van der Waals surface area (Å²) in [7, 11) is 0. The van der Waals surface area contributed by atoms with E-state index in [-0.39, 0.29) is 29.6 Å². The number of Topliss-reactive ketones (excluding diaryl/α,β-unsaturated/α-hetero) is 1. The molecule has 204 valence electrons. The zero-order chi connectivity index (χ0) is 27.0. The van der Waals surface area contributed by atoms with Crippen LogP contribution in [-0.4, -0.2) is 61.4 Å². The molecule has 3 aromatic rings. The molecule has 7 nitrogen and oxygen atoms in total. The van der Waals surface area contributed by atoms with Crippen molar-refractivity contribution in [3.8, 4) is 5.75 Å². The van der Waals surface area contributed by atoms with E-state index in [9.17, 15) is 14.4 Å². The van der Waals surface area contributed by atoms with Crippen molar-refractivity contribution in [3.05, 3.63) is 77.9 Å². The number of morpholine rings is 1. The van der Waals surface area contributed by atoms with Crippen molar-refractivity contribution in [3.63, 3.8) is 0 Å². The van der Waals surface area contributed by atoms with Crippen LogP contribution in [0.25, 0.3) is 10.8 Å². The van der Waals surface area contributed by atoms with Crippen molar-refractivity contribution in [2.45, 2.75) is 44.6 Å². The minimum atomic E-state index is -0.130. The van der Waals surface area contributed by atoms with Crippen LogP contribution in [0.4, 0.5) is 0 Å². The molecule has 2 amide bonds. The average molecular weight is 529 g/mol. The zero-order valence-corrected chi connectivity index (χ0v) is 22.3. The second kappa shape index (κ2) is 12.9. The zero-order valence-electron chi connectivity index (χ0n) is 22.3. The van der Waals surface area contributed by atoms with E-state index in [1.165, 1.54) is 0 Å². The van der Waals surface area contributed by atoms with E-state index >= 15 is 0 Å². The van der Waals surface area contributed by atoms with Gasteiger partial charge in [-0.3, -0.25) is 14.4 Å². The van der Waals surface area contributed by atoms with Gasteiger partial charge in [-0.15, -0.1) is 0 Å². The highest BCUT2D eigenvalue weighted by Crippen LogP contribution is 2.29. The standard InChI is InChI=1S/C32H36N2O5/c35-30(6-3-17-33-31(36)27-8-7-23-4-1-2-5-26(23)22-27)24-9-13-28(14-10-24)39-29-15-11-25(12-16-29)32(37)34-18-20-38-21-19-34/h1-2,4-5,7-10,13-14,22,25,29H,3,6,11-12,15-21H2,(H,33,36). The molecule has 1 saturated heterocycles.